The molecule has 1 fully saturated rings. The van der Waals surface area contributed by atoms with Gasteiger partial charge in [0.1, 0.15) is 23.7 Å². The van der Waals surface area contributed by atoms with E-state index in [-0.39, 0.29) is 38.6 Å². The zero-order chi connectivity index (χ0) is 21.1. The molecule has 1 saturated heterocycles. The van der Waals surface area contributed by atoms with Gasteiger partial charge in [0.2, 0.25) is 0 Å². The largest absolute Gasteiger partial charge is 0.478 e. The average molecular weight is 440 g/mol. The van der Waals surface area contributed by atoms with Crippen molar-refractivity contribution < 1.29 is 24.3 Å². The van der Waals surface area contributed by atoms with Crippen LogP contribution in [0.5, 0.6) is 0 Å². The van der Waals surface area contributed by atoms with Crippen molar-refractivity contribution in [3.63, 3.8) is 0 Å². The number of fused-ring (bicyclic) bond motifs is 1. The maximum Gasteiger partial charge on any atom is 0.334 e. The maximum atomic E-state index is 12.8. The molecule has 1 aromatic rings. The number of aliphatic carboxylic acids is 1. The van der Waals surface area contributed by atoms with Gasteiger partial charge in [0.05, 0.1) is 5.57 Å². The Morgan fingerprint density at radius 1 is 1.48 bits per heavy atom. The number of carboxylic acids is 1. The van der Waals surface area contributed by atoms with E-state index in [1.807, 2.05) is 6.92 Å². The summed E-state index contributed by atoms with van der Waals surface area (Å²) in [5.41, 5.74) is 6.01. The number of nitrogen functional groups attached to an aromatic ring is 1. The molecule has 2 aliphatic rings. The van der Waals surface area contributed by atoms with Crippen molar-refractivity contribution in [2.45, 2.75) is 43.4 Å². The molecule has 10 nitrogen and oxygen atoms in total. The summed E-state index contributed by atoms with van der Waals surface area (Å²) in [7, 11) is 0. The van der Waals surface area contributed by atoms with Crippen LogP contribution in [0.4, 0.5) is 5.13 Å². The lowest BCUT2D eigenvalue weighted by Gasteiger charge is -2.48. The number of oxime groups is 1. The van der Waals surface area contributed by atoms with Gasteiger partial charge in [-0.1, -0.05) is 18.5 Å². The van der Waals surface area contributed by atoms with Crippen molar-refractivity contribution >= 4 is 51.7 Å². The second kappa shape index (κ2) is 8.82. The van der Waals surface area contributed by atoms with Crippen molar-refractivity contribution in [3.8, 4) is 0 Å². The number of carbonyl (C=O) groups is 3. The number of hydrogen-bond donors (Lipinski definition) is 3. The third-order valence-electron chi connectivity index (χ3n) is 4.40. The number of aromatic nitrogens is 1. The fraction of sp³-hybridized carbons (Fsp3) is 0.471. The third kappa shape index (κ3) is 4.37. The SMILES string of the molecule is CCCCON=C(C(=O)NC1C(=O)N2C=C(C(=O)O)C(C)S[C@H]12)c1csc(N)n1. The second-order valence-electron chi connectivity index (χ2n) is 6.45. The van der Waals surface area contributed by atoms with Crippen LogP contribution in [0.3, 0.4) is 0 Å². The van der Waals surface area contributed by atoms with Crippen LogP contribution in [0.25, 0.3) is 0 Å². The highest BCUT2D eigenvalue weighted by Gasteiger charge is 2.51. The van der Waals surface area contributed by atoms with E-state index in [9.17, 15) is 19.5 Å². The number of unbranched alkanes of at least 4 members (excludes halogenated alkanes) is 1. The van der Waals surface area contributed by atoms with Gasteiger partial charge in [0.25, 0.3) is 11.8 Å². The minimum atomic E-state index is -1.07. The Labute approximate surface area is 175 Å². The van der Waals surface area contributed by atoms with E-state index in [0.29, 0.717) is 6.61 Å². The van der Waals surface area contributed by atoms with Crippen LogP contribution in [0, 0.1) is 0 Å². The summed E-state index contributed by atoms with van der Waals surface area (Å²) in [6, 6.07) is -0.793. The number of carbonyl (C=O) groups excluding carboxylic acids is 2. The average Bonchev–Trinajstić information content (AvgIpc) is 3.11. The molecule has 0 aliphatic carbocycles. The lowest BCUT2D eigenvalue weighted by atomic mass is 10.1. The summed E-state index contributed by atoms with van der Waals surface area (Å²) >= 11 is 2.46. The first-order valence-electron chi connectivity index (χ1n) is 8.98. The smallest absolute Gasteiger partial charge is 0.334 e. The Kier molecular flexibility index (Phi) is 6.42. The minimum Gasteiger partial charge on any atom is -0.478 e. The number of β-lactam (4-membered cyclic amide) rings is 1. The Bertz CT molecular complexity index is 883. The molecule has 29 heavy (non-hydrogen) atoms. The van der Waals surface area contributed by atoms with Crippen LogP contribution in [0.15, 0.2) is 22.3 Å². The van der Waals surface area contributed by atoms with E-state index in [4.69, 9.17) is 10.6 Å². The van der Waals surface area contributed by atoms with Gasteiger partial charge < -0.3 is 25.9 Å². The van der Waals surface area contributed by atoms with Crippen molar-refractivity contribution in [1.29, 1.82) is 0 Å². The first-order chi connectivity index (χ1) is 13.8. The molecule has 1 aromatic heterocycles. The molecule has 3 heterocycles. The topological polar surface area (TPSA) is 147 Å². The number of anilines is 1. The van der Waals surface area contributed by atoms with Crippen molar-refractivity contribution in [2.75, 3.05) is 12.3 Å². The number of rotatable bonds is 8. The van der Waals surface area contributed by atoms with Crippen molar-refractivity contribution in [1.82, 2.24) is 15.2 Å². The molecular weight excluding hydrogens is 418 g/mol. The summed E-state index contributed by atoms with van der Waals surface area (Å²) in [4.78, 5) is 47.1. The van der Waals surface area contributed by atoms with E-state index in [1.54, 1.807) is 12.3 Å². The van der Waals surface area contributed by atoms with Crippen LogP contribution in [0.2, 0.25) is 0 Å². The molecule has 2 aliphatic heterocycles. The van der Waals surface area contributed by atoms with Crippen LogP contribution >= 0.6 is 23.1 Å². The van der Waals surface area contributed by atoms with Crippen LogP contribution in [0.1, 0.15) is 32.4 Å². The van der Waals surface area contributed by atoms with E-state index in [2.05, 4.69) is 15.5 Å². The monoisotopic (exact) mass is 439 g/mol. The number of nitrogens with two attached hydrogens (primary N) is 1. The van der Waals surface area contributed by atoms with Crippen molar-refractivity contribution in [2.24, 2.45) is 5.16 Å². The molecule has 0 radical (unpaired) electrons. The fourth-order valence-electron chi connectivity index (χ4n) is 2.80. The van der Waals surface area contributed by atoms with Crippen LogP contribution < -0.4 is 11.1 Å². The fourth-order valence-corrected chi connectivity index (χ4v) is 4.71. The van der Waals surface area contributed by atoms with Gasteiger partial charge in [0, 0.05) is 16.8 Å². The van der Waals surface area contributed by atoms with Gasteiger partial charge in [-0.05, 0) is 13.3 Å². The number of carboxylic acid groups (broad SMARTS) is 1. The third-order valence-corrected chi connectivity index (χ3v) is 6.51. The predicted molar refractivity (Wildman–Crippen MR) is 109 cm³/mol. The molecule has 12 heteroatoms. The zero-order valence-corrected chi connectivity index (χ0v) is 17.5. The standard InChI is InChI=1S/C17H21N5O5S2/c1-3-4-5-27-21-11(10-7-28-17(18)19-10)13(23)20-12-14(24)22-6-9(16(25)26)8(2)29-15(12)22/h6-8,12,15H,3-5H2,1-2H3,(H2,18,19)(H,20,23)(H,25,26)/t8?,12?,15-/m1/s1. The molecule has 2 unspecified atom stereocenters. The summed E-state index contributed by atoms with van der Waals surface area (Å²) < 4.78 is 0. The molecule has 0 aromatic carbocycles. The quantitative estimate of drug-likeness (QED) is 0.235. The first kappa shape index (κ1) is 21.1. The highest BCUT2D eigenvalue weighted by molar-refractivity contribution is 8.00. The molecule has 4 N–H and O–H groups in total. The molecule has 156 valence electrons. The highest BCUT2D eigenvalue weighted by atomic mass is 32.2. The summed E-state index contributed by atoms with van der Waals surface area (Å²) in [5, 5.41) is 17.0. The van der Waals surface area contributed by atoms with E-state index in [1.165, 1.54) is 22.9 Å². The summed E-state index contributed by atoms with van der Waals surface area (Å²) in [5.74, 6) is -2.06. The molecular formula is C17H21N5O5S2. The Hall–Kier alpha value is -2.60. The number of thiazole rings is 1. The number of nitrogens with zero attached hydrogens (tertiary/aromatic N) is 3. The molecule has 0 bridgehead atoms. The Morgan fingerprint density at radius 3 is 2.86 bits per heavy atom. The first-order valence-corrected chi connectivity index (χ1v) is 10.8. The summed E-state index contributed by atoms with van der Waals surface area (Å²) in [6.45, 7) is 4.10. The van der Waals surface area contributed by atoms with Crippen LogP contribution in [-0.4, -0.2) is 61.8 Å². The molecule has 0 spiro atoms. The second-order valence-corrected chi connectivity index (χ2v) is 8.80. The van der Waals surface area contributed by atoms with Crippen LogP contribution in [-0.2, 0) is 19.2 Å². The van der Waals surface area contributed by atoms with Gasteiger partial charge in [-0.15, -0.1) is 23.1 Å². The number of nitrogens with one attached hydrogen (secondary N) is 1. The van der Waals surface area contributed by atoms with E-state index >= 15 is 0 Å². The highest BCUT2D eigenvalue weighted by Crippen LogP contribution is 2.40. The van der Waals surface area contributed by atoms with E-state index < -0.39 is 17.9 Å². The lowest BCUT2D eigenvalue weighted by molar-refractivity contribution is -0.144. The number of amides is 2. The van der Waals surface area contributed by atoms with Gasteiger partial charge in [0.15, 0.2) is 10.8 Å². The Balaban J connectivity index is 1.73. The molecule has 2 amide bonds. The molecule has 0 saturated carbocycles. The predicted octanol–water partition coefficient (Wildman–Crippen LogP) is 1.00. The molecule has 3 rings (SSSR count). The number of hydrogen-bond acceptors (Lipinski definition) is 9. The Morgan fingerprint density at radius 2 is 2.24 bits per heavy atom. The normalized spacial score (nSPS) is 23.7. The maximum absolute atomic E-state index is 12.8. The number of thioether (sulfide) groups is 1. The zero-order valence-electron chi connectivity index (χ0n) is 15.8. The van der Waals surface area contributed by atoms with Gasteiger partial charge in [-0.2, -0.15) is 0 Å². The molecule has 3 atom stereocenters. The van der Waals surface area contributed by atoms with Gasteiger partial charge >= 0.3 is 5.97 Å². The minimum absolute atomic E-state index is 0.0593. The van der Waals surface area contributed by atoms with Crippen molar-refractivity contribution in [3.05, 3.63) is 22.8 Å². The summed E-state index contributed by atoms with van der Waals surface area (Å²) in [6.07, 6.45) is 3.03. The van der Waals surface area contributed by atoms with Gasteiger partial charge in [-0.3, -0.25) is 9.59 Å². The van der Waals surface area contributed by atoms with E-state index in [0.717, 1.165) is 24.2 Å². The lowest BCUT2D eigenvalue weighted by Crippen LogP contribution is -2.69. The van der Waals surface area contributed by atoms with Gasteiger partial charge in [-0.25, -0.2) is 9.78 Å².